The third kappa shape index (κ3) is 3.64. The Balaban J connectivity index is 1.36. The zero-order chi connectivity index (χ0) is 19.8. The largest absolute Gasteiger partial charge is 0.379 e. The molecule has 2 saturated carbocycles. The average molecular weight is 393 g/mol. The molecule has 4 fully saturated rings. The number of amides is 4. The summed E-state index contributed by atoms with van der Waals surface area (Å²) in [4.78, 5) is 41.2. The zero-order valence-electron chi connectivity index (χ0n) is 16.8. The molecule has 8 heteroatoms. The van der Waals surface area contributed by atoms with Gasteiger partial charge in [0.1, 0.15) is 12.1 Å². The molecule has 2 N–H and O–H groups in total. The highest BCUT2D eigenvalue weighted by Crippen LogP contribution is 2.42. The highest BCUT2D eigenvalue weighted by molar-refractivity contribution is 6.09. The quantitative estimate of drug-likeness (QED) is 0.654. The van der Waals surface area contributed by atoms with Crippen molar-refractivity contribution in [3.8, 4) is 0 Å². The number of rotatable bonds is 6. The van der Waals surface area contributed by atoms with Gasteiger partial charge in [0.25, 0.3) is 5.91 Å². The fourth-order valence-corrected chi connectivity index (χ4v) is 5.11. The van der Waals surface area contributed by atoms with Crippen molar-refractivity contribution in [2.45, 2.75) is 62.9 Å². The Morgan fingerprint density at radius 2 is 1.86 bits per heavy atom. The molecule has 1 unspecified atom stereocenters. The molecule has 1 atom stereocenters. The molecule has 0 spiro atoms. The highest BCUT2D eigenvalue weighted by atomic mass is 16.5. The molecule has 2 heterocycles. The van der Waals surface area contributed by atoms with Crippen LogP contribution in [-0.4, -0.2) is 78.1 Å². The average Bonchev–Trinajstić information content (AvgIpc) is 3.54. The summed E-state index contributed by atoms with van der Waals surface area (Å²) in [5, 5.41) is 5.83. The van der Waals surface area contributed by atoms with Crippen molar-refractivity contribution >= 4 is 17.8 Å². The summed E-state index contributed by atoms with van der Waals surface area (Å²) >= 11 is 0. The Morgan fingerprint density at radius 3 is 2.50 bits per heavy atom. The molecule has 28 heavy (non-hydrogen) atoms. The van der Waals surface area contributed by atoms with Crippen LogP contribution in [0.2, 0.25) is 0 Å². The number of hydrogen-bond donors (Lipinski definition) is 2. The first-order valence-corrected chi connectivity index (χ1v) is 10.7. The summed E-state index contributed by atoms with van der Waals surface area (Å²) < 4.78 is 5.50. The first-order chi connectivity index (χ1) is 13.4. The topological polar surface area (TPSA) is 91.0 Å². The van der Waals surface area contributed by atoms with E-state index in [2.05, 4.69) is 15.5 Å². The van der Waals surface area contributed by atoms with Gasteiger partial charge in [-0.05, 0) is 38.5 Å². The van der Waals surface area contributed by atoms with Crippen molar-refractivity contribution in [1.29, 1.82) is 0 Å². The monoisotopic (exact) mass is 392 g/mol. The molecular formula is C20H32N4O4. The second-order valence-corrected chi connectivity index (χ2v) is 8.96. The van der Waals surface area contributed by atoms with Gasteiger partial charge in [-0.2, -0.15) is 0 Å². The van der Waals surface area contributed by atoms with E-state index in [1.165, 1.54) is 19.3 Å². The molecule has 0 aromatic carbocycles. The number of hydrogen-bond acceptors (Lipinski definition) is 5. The van der Waals surface area contributed by atoms with Crippen molar-refractivity contribution < 1.29 is 19.1 Å². The summed E-state index contributed by atoms with van der Waals surface area (Å²) in [5.74, 6) is -0.332. The lowest BCUT2D eigenvalue weighted by molar-refractivity contribution is -0.135. The lowest BCUT2D eigenvalue weighted by Crippen LogP contribution is -2.60. The van der Waals surface area contributed by atoms with Crippen molar-refractivity contribution in [3.63, 3.8) is 0 Å². The summed E-state index contributed by atoms with van der Waals surface area (Å²) in [6.45, 7) is 5.39. The van der Waals surface area contributed by atoms with Gasteiger partial charge in [-0.25, -0.2) is 4.79 Å². The fraction of sp³-hybridized carbons (Fsp3) is 0.850. The lowest BCUT2D eigenvalue weighted by Gasteiger charge is -2.48. The van der Waals surface area contributed by atoms with Crippen LogP contribution in [0.5, 0.6) is 0 Å². The number of imide groups is 1. The second-order valence-electron chi connectivity index (χ2n) is 8.96. The van der Waals surface area contributed by atoms with E-state index in [4.69, 9.17) is 4.74 Å². The molecule has 2 aliphatic carbocycles. The van der Waals surface area contributed by atoms with Crippen LogP contribution in [0.15, 0.2) is 0 Å². The number of urea groups is 1. The maximum atomic E-state index is 12.7. The summed E-state index contributed by atoms with van der Waals surface area (Å²) in [6, 6.07) is -0.449. The summed E-state index contributed by atoms with van der Waals surface area (Å²) in [5.41, 5.74) is -0.868. The first kappa shape index (κ1) is 19.6. The van der Waals surface area contributed by atoms with Crippen molar-refractivity contribution in [2.75, 3.05) is 39.4 Å². The van der Waals surface area contributed by atoms with E-state index in [0.717, 1.165) is 56.9 Å². The standard InChI is InChI=1S/C20H32N4O4/c1-19(15-5-6-15)17(26)24(18(27)22-19)13-16(25)21-14-20(7-3-2-4-8-20)23-9-11-28-12-10-23/h15H,2-14H2,1H3,(H,21,25)(H,22,27). The number of nitrogens with zero attached hydrogens (tertiary/aromatic N) is 2. The van der Waals surface area contributed by atoms with E-state index in [0.29, 0.717) is 6.54 Å². The van der Waals surface area contributed by atoms with E-state index < -0.39 is 11.6 Å². The van der Waals surface area contributed by atoms with Crippen LogP contribution in [0.4, 0.5) is 4.79 Å². The molecule has 0 radical (unpaired) electrons. The van der Waals surface area contributed by atoms with Crippen LogP contribution in [0, 0.1) is 5.92 Å². The molecule has 0 aromatic rings. The van der Waals surface area contributed by atoms with E-state index in [-0.39, 0.29) is 29.8 Å². The number of carbonyl (C=O) groups excluding carboxylic acids is 3. The smallest absolute Gasteiger partial charge is 0.325 e. The van der Waals surface area contributed by atoms with Gasteiger partial charge >= 0.3 is 6.03 Å². The third-order valence-corrected chi connectivity index (χ3v) is 7.08. The first-order valence-electron chi connectivity index (χ1n) is 10.7. The molecular weight excluding hydrogens is 360 g/mol. The molecule has 0 aromatic heterocycles. The molecule has 0 bridgehead atoms. The molecule has 2 aliphatic heterocycles. The van der Waals surface area contributed by atoms with Crippen molar-refractivity contribution in [2.24, 2.45) is 5.92 Å². The third-order valence-electron chi connectivity index (χ3n) is 7.08. The van der Waals surface area contributed by atoms with Gasteiger partial charge in [-0.15, -0.1) is 0 Å². The van der Waals surface area contributed by atoms with Gasteiger partial charge in [0.05, 0.1) is 13.2 Å². The highest BCUT2D eigenvalue weighted by Gasteiger charge is 2.56. The van der Waals surface area contributed by atoms with Gasteiger partial charge in [-0.3, -0.25) is 19.4 Å². The normalized spacial score (nSPS) is 31.0. The number of morpholine rings is 1. The maximum Gasteiger partial charge on any atom is 0.325 e. The van der Waals surface area contributed by atoms with Gasteiger partial charge < -0.3 is 15.4 Å². The molecule has 8 nitrogen and oxygen atoms in total. The van der Waals surface area contributed by atoms with Gasteiger partial charge in [-0.1, -0.05) is 19.3 Å². The Labute approximate surface area is 166 Å². The van der Waals surface area contributed by atoms with Gasteiger partial charge in [0.2, 0.25) is 5.91 Å². The summed E-state index contributed by atoms with van der Waals surface area (Å²) in [7, 11) is 0. The molecule has 156 valence electrons. The Bertz CT molecular complexity index is 638. The second kappa shape index (κ2) is 7.63. The van der Waals surface area contributed by atoms with Crippen molar-refractivity contribution in [1.82, 2.24) is 20.4 Å². The lowest BCUT2D eigenvalue weighted by atomic mass is 9.79. The Morgan fingerprint density at radius 1 is 1.18 bits per heavy atom. The number of carbonyl (C=O) groups is 3. The van der Waals surface area contributed by atoms with Crippen LogP contribution in [0.1, 0.15) is 51.9 Å². The maximum absolute atomic E-state index is 12.7. The van der Waals surface area contributed by atoms with Gasteiger partial charge in [0, 0.05) is 25.2 Å². The molecule has 4 rings (SSSR count). The Kier molecular flexibility index (Phi) is 5.35. The minimum atomic E-state index is -0.838. The van der Waals surface area contributed by atoms with Gasteiger partial charge in [0.15, 0.2) is 0 Å². The van der Waals surface area contributed by atoms with Crippen LogP contribution in [0.25, 0.3) is 0 Å². The summed E-state index contributed by atoms with van der Waals surface area (Å²) in [6.07, 6.45) is 7.60. The molecule has 2 saturated heterocycles. The zero-order valence-corrected chi connectivity index (χ0v) is 16.8. The predicted octanol–water partition coefficient (Wildman–Crippen LogP) is 0.858. The van der Waals surface area contributed by atoms with E-state index >= 15 is 0 Å². The fourth-order valence-electron chi connectivity index (χ4n) is 5.11. The van der Waals surface area contributed by atoms with E-state index in [1.807, 2.05) is 0 Å². The van der Waals surface area contributed by atoms with Crippen molar-refractivity contribution in [3.05, 3.63) is 0 Å². The van der Waals surface area contributed by atoms with Crippen LogP contribution < -0.4 is 10.6 Å². The SMILES string of the molecule is CC1(C2CC2)NC(=O)N(CC(=O)NCC2(N3CCOCC3)CCCCC2)C1=O. The van der Waals surface area contributed by atoms with Crippen LogP contribution in [0.3, 0.4) is 0 Å². The minimum absolute atomic E-state index is 0.0303. The number of nitrogens with one attached hydrogen (secondary N) is 2. The predicted molar refractivity (Wildman–Crippen MR) is 103 cm³/mol. The van der Waals surface area contributed by atoms with Crippen LogP contribution >= 0.6 is 0 Å². The molecule has 4 aliphatic rings. The minimum Gasteiger partial charge on any atom is -0.379 e. The van der Waals surface area contributed by atoms with Crippen LogP contribution in [-0.2, 0) is 14.3 Å². The van der Waals surface area contributed by atoms with E-state index in [1.54, 1.807) is 6.92 Å². The molecule has 4 amide bonds. The number of ether oxygens (including phenoxy) is 1. The Hall–Kier alpha value is -1.67. The van der Waals surface area contributed by atoms with E-state index in [9.17, 15) is 14.4 Å².